The number of aryl methyl sites for hydroxylation is 2. The smallest absolute Gasteiger partial charge is 0.295 e. The maximum absolute atomic E-state index is 13.5. The first-order valence-corrected chi connectivity index (χ1v) is 11.2. The SMILES string of the molecule is Cc1ccc(-c2nn(-c3cc(N4CCOCC4)ccc3[N+](=O)[O-])c(=O)c3ccccc23)cc1C. The highest BCUT2D eigenvalue weighted by atomic mass is 16.6. The largest absolute Gasteiger partial charge is 0.378 e. The van der Waals surface area contributed by atoms with Gasteiger partial charge < -0.3 is 9.64 Å². The lowest BCUT2D eigenvalue weighted by Crippen LogP contribution is -2.36. The zero-order valence-electron chi connectivity index (χ0n) is 19.0. The molecule has 1 aliphatic rings. The van der Waals surface area contributed by atoms with Gasteiger partial charge in [0, 0.05) is 35.8 Å². The van der Waals surface area contributed by atoms with Crippen molar-refractivity contribution in [3.63, 3.8) is 0 Å². The average molecular weight is 457 g/mol. The van der Waals surface area contributed by atoms with E-state index in [0.717, 1.165) is 22.4 Å². The van der Waals surface area contributed by atoms with E-state index in [-0.39, 0.29) is 11.4 Å². The molecule has 0 bridgehead atoms. The average Bonchev–Trinajstić information content (AvgIpc) is 2.86. The first-order chi connectivity index (χ1) is 16.4. The van der Waals surface area contributed by atoms with Crippen LogP contribution in [0.3, 0.4) is 0 Å². The Morgan fingerprint density at radius 1 is 0.941 bits per heavy atom. The van der Waals surface area contributed by atoms with Crippen LogP contribution in [0.15, 0.2) is 65.5 Å². The van der Waals surface area contributed by atoms with Crippen LogP contribution in [0.25, 0.3) is 27.7 Å². The Morgan fingerprint density at radius 2 is 1.68 bits per heavy atom. The first kappa shape index (κ1) is 21.8. The van der Waals surface area contributed by atoms with Gasteiger partial charge in [0.1, 0.15) is 5.69 Å². The number of nitro groups is 1. The number of hydrogen-bond acceptors (Lipinski definition) is 6. The van der Waals surface area contributed by atoms with Crippen LogP contribution in [-0.4, -0.2) is 41.0 Å². The third-order valence-electron chi connectivity index (χ3n) is 6.35. The lowest BCUT2D eigenvalue weighted by atomic mass is 10.0. The molecule has 1 aliphatic heterocycles. The van der Waals surface area contributed by atoms with Crippen LogP contribution in [0.4, 0.5) is 11.4 Å². The van der Waals surface area contributed by atoms with Crippen molar-refractivity contribution in [1.29, 1.82) is 0 Å². The summed E-state index contributed by atoms with van der Waals surface area (Å²) in [5.41, 5.74) is 4.06. The molecule has 172 valence electrons. The second-order valence-electron chi connectivity index (χ2n) is 8.44. The van der Waals surface area contributed by atoms with Crippen molar-refractivity contribution in [3.05, 3.63) is 92.3 Å². The van der Waals surface area contributed by atoms with Crippen molar-refractivity contribution in [1.82, 2.24) is 9.78 Å². The van der Waals surface area contributed by atoms with Gasteiger partial charge in [-0.05, 0) is 49.2 Å². The van der Waals surface area contributed by atoms with Crippen molar-refractivity contribution in [2.24, 2.45) is 0 Å². The third-order valence-corrected chi connectivity index (χ3v) is 6.35. The summed E-state index contributed by atoms with van der Waals surface area (Å²) in [6.45, 7) is 6.56. The number of morpholine rings is 1. The number of anilines is 1. The molecule has 8 nitrogen and oxygen atoms in total. The number of benzene rings is 3. The Kier molecular flexibility index (Phi) is 5.59. The van der Waals surface area contributed by atoms with E-state index in [1.165, 1.54) is 10.7 Å². The minimum Gasteiger partial charge on any atom is -0.378 e. The number of ether oxygens (including phenoxy) is 1. The summed E-state index contributed by atoms with van der Waals surface area (Å²) < 4.78 is 6.61. The Bertz CT molecular complexity index is 1470. The molecule has 1 saturated heterocycles. The predicted molar refractivity (Wildman–Crippen MR) is 132 cm³/mol. The molecule has 4 aromatic rings. The fourth-order valence-corrected chi connectivity index (χ4v) is 4.31. The quantitative estimate of drug-likeness (QED) is 0.334. The van der Waals surface area contributed by atoms with E-state index in [0.29, 0.717) is 42.8 Å². The lowest BCUT2D eigenvalue weighted by Gasteiger charge is -2.29. The molecular formula is C26H24N4O4. The van der Waals surface area contributed by atoms with Crippen LogP contribution in [0.5, 0.6) is 0 Å². The second-order valence-corrected chi connectivity index (χ2v) is 8.44. The topological polar surface area (TPSA) is 90.5 Å². The highest BCUT2D eigenvalue weighted by Gasteiger charge is 2.23. The van der Waals surface area contributed by atoms with Gasteiger partial charge in [-0.1, -0.05) is 30.3 Å². The molecule has 3 aromatic carbocycles. The van der Waals surface area contributed by atoms with E-state index in [2.05, 4.69) is 4.90 Å². The van der Waals surface area contributed by atoms with Gasteiger partial charge in [-0.3, -0.25) is 14.9 Å². The Balaban J connectivity index is 1.78. The molecule has 5 rings (SSSR count). The molecule has 0 saturated carbocycles. The summed E-state index contributed by atoms with van der Waals surface area (Å²) in [6, 6.07) is 18.1. The van der Waals surface area contributed by atoms with E-state index in [1.807, 2.05) is 44.2 Å². The van der Waals surface area contributed by atoms with Crippen LogP contribution in [-0.2, 0) is 4.74 Å². The van der Waals surface area contributed by atoms with E-state index < -0.39 is 10.5 Å². The van der Waals surface area contributed by atoms with Gasteiger partial charge in [0.15, 0.2) is 0 Å². The van der Waals surface area contributed by atoms with Crippen molar-refractivity contribution < 1.29 is 9.66 Å². The zero-order valence-corrected chi connectivity index (χ0v) is 19.0. The van der Waals surface area contributed by atoms with Crippen LogP contribution < -0.4 is 10.5 Å². The van der Waals surface area contributed by atoms with Crippen molar-refractivity contribution in [3.8, 4) is 16.9 Å². The Morgan fingerprint density at radius 3 is 2.38 bits per heavy atom. The minimum atomic E-state index is -0.475. The maximum atomic E-state index is 13.5. The highest BCUT2D eigenvalue weighted by Crippen LogP contribution is 2.31. The molecule has 34 heavy (non-hydrogen) atoms. The van der Waals surface area contributed by atoms with Gasteiger partial charge in [-0.25, -0.2) is 0 Å². The molecule has 0 unspecified atom stereocenters. The van der Waals surface area contributed by atoms with Crippen LogP contribution in [0, 0.1) is 24.0 Å². The van der Waals surface area contributed by atoms with Gasteiger partial charge in [0.25, 0.3) is 11.2 Å². The second kappa shape index (κ2) is 8.72. The molecule has 0 spiro atoms. The third kappa shape index (κ3) is 3.82. The Hall–Kier alpha value is -4.04. The van der Waals surface area contributed by atoms with E-state index >= 15 is 0 Å². The minimum absolute atomic E-state index is 0.148. The standard InChI is InChI=1S/C26H24N4O4/c1-17-7-8-19(15-18(17)2)25-21-5-3-4-6-22(21)26(31)29(27-25)24-16-20(9-10-23(24)30(32)33)28-11-13-34-14-12-28/h3-10,15-16H,11-14H2,1-2H3. The first-order valence-electron chi connectivity index (χ1n) is 11.2. The molecule has 2 heterocycles. The molecule has 1 aromatic heterocycles. The van der Waals surface area contributed by atoms with Gasteiger partial charge in [-0.15, -0.1) is 0 Å². The van der Waals surface area contributed by atoms with E-state index in [1.54, 1.807) is 24.3 Å². The van der Waals surface area contributed by atoms with Gasteiger partial charge >= 0.3 is 0 Å². The fraction of sp³-hybridized carbons (Fsp3) is 0.231. The predicted octanol–water partition coefficient (Wildman–Crippen LogP) is 4.41. The molecule has 0 atom stereocenters. The molecule has 0 aliphatic carbocycles. The Labute approximate surface area is 196 Å². The van der Waals surface area contributed by atoms with Crippen molar-refractivity contribution in [2.45, 2.75) is 13.8 Å². The summed E-state index contributed by atoms with van der Waals surface area (Å²) in [6.07, 6.45) is 0. The molecule has 8 heteroatoms. The van der Waals surface area contributed by atoms with Crippen LogP contribution in [0.1, 0.15) is 11.1 Å². The zero-order chi connectivity index (χ0) is 23.8. The number of aromatic nitrogens is 2. The molecule has 0 radical (unpaired) electrons. The molecular weight excluding hydrogens is 432 g/mol. The number of nitro benzene ring substituents is 1. The molecule has 0 N–H and O–H groups in total. The summed E-state index contributed by atoms with van der Waals surface area (Å²) in [7, 11) is 0. The maximum Gasteiger partial charge on any atom is 0.295 e. The van der Waals surface area contributed by atoms with Crippen LogP contribution >= 0.6 is 0 Å². The number of fused-ring (bicyclic) bond motifs is 1. The van der Waals surface area contributed by atoms with Gasteiger partial charge in [0.2, 0.25) is 0 Å². The number of rotatable bonds is 4. The van der Waals surface area contributed by atoms with Gasteiger partial charge in [0.05, 0.1) is 29.2 Å². The van der Waals surface area contributed by atoms with E-state index in [4.69, 9.17) is 9.84 Å². The lowest BCUT2D eigenvalue weighted by molar-refractivity contribution is -0.384. The van der Waals surface area contributed by atoms with Gasteiger partial charge in [-0.2, -0.15) is 9.78 Å². The summed E-state index contributed by atoms with van der Waals surface area (Å²) in [4.78, 5) is 27.1. The summed E-state index contributed by atoms with van der Waals surface area (Å²) in [5.74, 6) is 0. The number of nitrogens with zero attached hydrogens (tertiary/aromatic N) is 4. The normalized spacial score (nSPS) is 13.9. The molecule has 0 amide bonds. The molecule has 1 fully saturated rings. The van der Waals surface area contributed by atoms with Crippen LogP contribution in [0.2, 0.25) is 0 Å². The summed E-state index contributed by atoms with van der Waals surface area (Å²) >= 11 is 0. The fourth-order valence-electron chi connectivity index (χ4n) is 4.31. The highest BCUT2D eigenvalue weighted by molar-refractivity contribution is 5.94. The van der Waals surface area contributed by atoms with Crippen molar-refractivity contribution >= 4 is 22.1 Å². The summed E-state index contributed by atoms with van der Waals surface area (Å²) in [5, 5.41) is 17.8. The monoisotopic (exact) mass is 456 g/mol. The van der Waals surface area contributed by atoms with E-state index in [9.17, 15) is 14.9 Å². The number of hydrogen-bond donors (Lipinski definition) is 0. The van der Waals surface area contributed by atoms with Crippen molar-refractivity contribution in [2.75, 3.05) is 31.2 Å².